The van der Waals surface area contributed by atoms with Gasteiger partial charge in [0.1, 0.15) is 12.1 Å². The minimum atomic E-state index is -4.76. The standard InChI is InChI=1S/C30H27F3N6O3S/c1-18-5-4-6-19(2)26(18)39-25(40)16-43-29(39)36-28(41)34-15-20(3)21-7-9-22(10-8-21)27-35-17-38(37-27)23-11-13-24(14-12-23)42-30(31,32)33/h4-15,17,29H,16H2,1-3H3,(H2,34,36,41)/b20-15+. The summed E-state index contributed by atoms with van der Waals surface area (Å²) in [5, 5.41) is 10.0. The first kappa shape index (κ1) is 29.7. The van der Waals surface area contributed by atoms with Gasteiger partial charge in [-0.05, 0) is 67.3 Å². The summed E-state index contributed by atoms with van der Waals surface area (Å²) in [7, 11) is 0. The van der Waals surface area contributed by atoms with Crippen molar-refractivity contribution in [3.63, 3.8) is 0 Å². The van der Waals surface area contributed by atoms with Crippen molar-refractivity contribution >= 4 is 35.0 Å². The Kier molecular flexibility index (Phi) is 8.44. The van der Waals surface area contributed by atoms with Gasteiger partial charge in [-0.25, -0.2) is 14.5 Å². The van der Waals surface area contributed by atoms with E-state index in [9.17, 15) is 22.8 Å². The van der Waals surface area contributed by atoms with Gasteiger partial charge < -0.3 is 15.4 Å². The molecule has 0 aliphatic carbocycles. The van der Waals surface area contributed by atoms with E-state index in [0.29, 0.717) is 11.5 Å². The van der Waals surface area contributed by atoms with Gasteiger partial charge in [-0.2, -0.15) is 0 Å². The monoisotopic (exact) mass is 608 g/mol. The number of nitrogens with zero attached hydrogens (tertiary/aromatic N) is 4. The van der Waals surface area contributed by atoms with Crippen molar-refractivity contribution in [2.45, 2.75) is 32.6 Å². The molecule has 3 amide bonds. The maximum atomic E-state index is 12.7. The lowest BCUT2D eigenvalue weighted by atomic mass is 10.1. The van der Waals surface area contributed by atoms with Crippen LogP contribution in [0.25, 0.3) is 22.6 Å². The van der Waals surface area contributed by atoms with Crippen LogP contribution in [-0.4, -0.2) is 44.3 Å². The molecule has 1 atom stereocenters. The summed E-state index contributed by atoms with van der Waals surface area (Å²) in [5.41, 5.74) is 5.09. The van der Waals surface area contributed by atoms with Crippen LogP contribution in [0.1, 0.15) is 23.6 Å². The van der Waals surface area contributed by atoms with E-state index in [1.807, 2.05) is 63.2 Å². The molecule has 0 saturated carbocycles. The number of ether oxygens (including phenoxy) is 1. The zero-order chi connectivity index (χ0) is 30.7. The number of aromatic nitrogens is 3. The van der Waals surface area contributed by atoms with Gasteiger partial charge in [0.15, 0.2) is 11.3 Å². The molecule has 9 nitrogen and oxygen atoms in total. The van der Waals surface area contributed by atoms with E-state index in [2.05, 4.69) is 25.5 Å². The van der Waals surface area contributed by atoms with Gasteiger partial charge in [0, 0.05) is 11.8 Å². The highest BCUT2D eigenvalue weighted by molar-refractivity contribution is 8.01. The number of thioether (sulfide) groups is 1. The third-order valence-electron chi connectivity index (χ3n) is 6.65. The first-order valence-corrected chi connectivity index (χ1v) is 14.2. The van der Waals surface area contributed by atoms with Crippen LogP contribution in [0.5, 0.6) is 5.75 Å². The Hall–Kier alpha value is -4.78. The van der Waals surface area contributed by atoms with Crippen molar-refractivity contribution in [3.8, 4) is 22.8 Å². The highest BCUT2D eigenvalue weighted by atomic mass is 32.2. The maximum absolute atomic E-state index is 12.7. The number of hydrogen-bond acceptors (Lipinski definition) is 6. The van der Waals surface area contributed by atoms with Gasteiger partial charge in [0.2, 0.25) is 5.91 Å². The Labute approximate surface area is 249 Å². The van der Waals surface area contributed by atoms with Crippen LogP contribution in [0.4, 0.5) is 23.7 Å². The van der Waals surface area contributed by atoms with E-state index >= 15 is 0 Å². The number of hydrogen-bond donors (Lipinski definition) is 2. The van der Waals surface area contributed by atoms with E-state index in [0.717, 1.165) is 33.5 Å². The number of aryl methyl sites for hydroxylation is 2. The molecule has 1 fully saturated rings. The number of alkyl halides is 3. The predicted octanol–water partition coefficient (Wildman–Crippen LogP) is 6.17. The number of benzene rings is 3. The molecule has 222 valence electrons. The van der Waals surface area contributed by atoms with Crippen molar-refractivity contribution in [3.05, 3.63) is 95.9 Å². The second-order valence-electron chi connectivity index (χ2n) is 9.74. The summed E-state index contributed by atoms with van der Waals surface area (Å²) in [5.74, 6) is 0.316. The zero-order valence-electron chi connectivity index (χ0n) is 23.3. The Morgan fingerprint density at radius 2 is 1.72 bits per heavy atom. The van der Waals surface area contributed by atoms with Crippen LogP contribution in [0.3, 0.4) is 0 Å². The average molecular weight is 609 g/mol. The van der Waals surface area contributed by atoms with E-state index in [-0.39, 0.29) is 17.4 Å². The number of carbonyl (C=O) groups is 2. The highest BCUT2D eigenvalue weighted by Gasteiger charge is 2.35. The molecule has 5 rings (SSSR count). The van der Waals surface area contributed by atoms with E-state index in [4.69, 9.17) is 0 Å². The van der Waals surface area contributed by atoms with Crippen molar-refractivity contribution in [1.82, 2.24) is 25.4 Å². The van der Waals surface area contributed by atoms with E-state index in [1.165, 1.54) is 47.0 Å². The summed E-state index contributed by atoms with van der Waals surface area (Å²) in [4.78, 5) is 31.3. The molecule has 0 spiro atoms. The fourth-order valence-electron chi connectivity index (χ4n) is 4.57. The molecule has 0 radical (unpaired) electrons. The number of allylic oxidation sites excluding steroid dienone is 1. The topological polar surface area (TPSA) is 101 Å². The molecule has 2 N–H and O–H groups in total. The van der Waals surface area contributed by atoms with Crippen LogP contribution in [-0.2, 0) is 4.79 Å². The summed E-state index contributed by atoms with van der Waals surface area (Å²) in [6, 6.07) is 18.1. The summed E-state index contributed by atoms with van der Waals surface area (Å²) < 4.78 is 42.5. The average Bonchev–Trinajstić information content (AvgIpc) is 3.59. The smallest absolute Gasteiger partial charge is 0.406 e. The van der Waals surface area contributed by atoms with Crippen molar-refractivity contribution in [2.24, 2.45) is 0 Å². The highest BCUT2D eigenvalue weighted by Crippen LogP contribution is 2.34. The lowest BCUT2D eigenvalue weighted by Gasteiger charge is -2.27. The molecular weight excluding hydrogens is 581 g/mol. The summed E-state index contributed by atoms with van der Waals surface area (Å²) >= 11 is 1.36. The number of rotatable bonds is 7. The lowest BCUT2D eigenvalue weighted by molar-refractivity contribution is -0.274. The molecular formula is C30H27F3N6O3S. The molecule has 1 aliphatic rings. The Morgan fingerprint density at radius 1 is 1.05 bits per heavy atom. The van der Waals surface area contributed by atoms with Crippen molar-refractivity contribution < 1.29 is 27.5 Å². The third kappa shape index (κ3) is 7.00. The number of nitrogens with one attached hydrogen (secondary N) is 2. The molecule has 13 heteroatoms. The van der Waals surface area contributed by atoms with Gasteiger partial charge in [0.05, 0.1) is 17.1 Å². The molecule has 0 bridgehead atoms. The number of urea groups is 1. The van der Waals surface area contributed by atoms with Crippen LogP contribution in [0, 0.1) is 13.8 Å². The zero-order valence-corrected chi connectivity index (χ0v) is 24.2. The molecule has 1 aromatic heterocycles. The Morgan fingerprint density at radius 3 is 2.37 bits per heavy atom. The van der Waals surface area contributed by atoms with Gasteiger partial charge in [-0.15, -0.1) is 30.0 Å². The van der Waals surface area contributed by atoms with Crippen molar-refractivity contribution in [2.75, 3.05) is 10.7 Å². The minimum absolute atomic E-state index is 0.0627. The number of anilines is 1. The first-order valence-electron chi connectivity index (χ1n) is 13.1. The number of carbonyl (C=O) groups excluding carboxylic acids is 2. The van der Waals surface area contributed by atoms with Crippen LogP contribution >= 0.6 is 11.8 Å². The van der Waals surface area contributed by atoms with Crippen LogP contribution < -0.4 is 20.3 Å². The molecule has 1 aliphatic heterocycles. The second kappa shape index (κ2) is 12.2. The molecule has 3 aromatic carbocycles. The minimum Gasteiger partial charge on any atom is -0.406 e. The van der Waals surface area contributed by atoms with Gasteiger partial charge in [-0.3, -0.25) is 9.69 Å². The SMILES string of the molecule is C/C(=C\NC(=O)NC1SCC(=O)N1c1c(C)cccc1C)c1ccc(-c2ncn(-c3ccc(OC(F)(F)F)cc3)n2)cc1. The number of halogens is 3. The second-order valence-corrected chi connectivity index (χ2v) is 10.8. The molecule has 1 saturated heterocycles. The number of para-hydroxylation sites is 1. The summed E-state index contributed by atoms with van der Waals surface area (Å²) in [6.07, 6.45) is -1.70. The maximum Gasteiger partial charge on any atom is 0.573 e. The fourth-order valence-corrected chi connectivity index (χ4v) is 5.57. The molecule has 43 heavy (non-hydrogen) atoms. The normalized spacial score (nSPS) is 15.5. The quantitative estimate of drug-likeness (QED) is 0.260. The van der Waals surface area contributed by atoms with Crippen molar-refractivity contribution in [1.29, 1.82) is 0 Å². The van der Waals surface area contributed by atoms with E-state index < -0.39 is 17.9 Å². The third-order valence-corrected chi connectivity index (χ3v) is 7.71. The predicted molar refractivity (Wildman–Crippen MR) is 158 cm³/mol. The Bertz CT molecular complexity index is 1650. The van der Waals surface area contributed by atoms with Gasteiger partial charge in [-0.1, -0.05) is 42.5 Å². The van der Waals surface area contributed by atoms with E-state index in [1.54, 1.807) is 11.1 Å². The first-order chi connectivity index (χ1) is 20.5. The molecule has 2 heterocycles. The molecule has 1 unspecified atom stereocenters. The largest absolute Gasteiger partial charge is 0.573 e. The van der Waals surface area contributed by atoms with Gasteiger partial charge in [0.25, 0.3) is 0 Å². The summed E-state index contributed by atoms with van der Waals surface area (Å²) in [6.45, 7) is 5.73. The fraction of sp³-hybridized carbons (Fsp3) is 0.200. The van der Waals surface area contributed by atoms with Gasteiger partial charge >= 0.3 is 12.4 Å². The Balaban J connectivity index is 1.20. The van der Waals surface area contributed by atoms with Crippen LogP contribution in [0.2, 0.25) is 0 Å². The molecule has 4 aromatic rings. The van der Waals surface area contributed by atoms with Crippen LogP contribution in [0.15, 0.2) is 79.3 Å². The lowest BCUT2D eigenvalue weighted by Crippen LogP contribution is -2.48. The number of amides is 3.